The molecule has 0 saturated carbocycles. The molecule has 0 radical (unpaired) electrons. The summed E-state index contributed by atoms with van der Waals surface area (Å²) in [6, 6.07) is 7.28. The van der Waals surface area contributed by atoms with Crippen LogP contribution in [0.25, 0.3) is 11.5 Å². The quantitative estimate of drug-likeness (QED) is 0.464. The summed E-state index contributed by atoms with van der Waals surface area (Å²) in [7, 11) is 1.30. The van der Waals surface area contributed by atoms with E-state index in [1.807, 2.05) is 24.3 Å². The minimum Gasteiger partial charge on any atom is -0.494 e. The van der Waals surface area contributed by atoms with E-state index in [-0.39, 0.29) is 5.76 Å². The smallest absolute Gasteiger partial charge is 0.375 e. The third kappa shape index (κ3) is 3.76. The Labute approximate surface area is 127 Å². The summed E-state index contributed by atoms with van der Waals surface area (Å²) in [4.78, 5) is 15.7. The molecule has 0 amide bonds. The molecule has 0 aliphatic carbocycles. The Hall–Kier alpha value is -2.01. The van der Waals surface area contributed by atoms with Crippen LogP contribution in [-0.4, -0.2) is 30.5 Å². The van der Waals surface area contributed by atoms with Crippen LogP contribution in [0.15, 0.2) is 28.7 Å². The van der Waals surface area contributed by atoms with E-state index in [2.05, 4.69) is 9.72 Å². The molecule has 0 spiro atoms. The number of oxazole rings is 1. The predicted molar refractivity (Wildman–Crippen MR) is 78.8 cm³/mol. The van der Waals surface area contributed by atoms with E-state index in [4.69, 9.17) is 20.8 Å². The molecule has 0 bridgehead atoms. The number of hydrogen-bond donors (Lipinski definition) is 0. The average Bonchev–Trinajstić information content (AvgIpc) is 2.89. The van der Waals surface area contributed by atoms with E-state index >= 15 is 0 Å². The normalized spacial score (nSPS) is 10.4. The number of ether oxygens (including phenoxy) is 2. The summed E-state index contributed by atoms with van der Waals surface area (Å²) in [5.74, 6) is 1.28. The standard InChI is InChI=1S/C15H16ClNO4/c1-10-13(15(18)19-2)21-14(17-10)11-4-6-12(7-5-11)20-9-3-8-16/h4-7H,3,8-9H2,1-2H3. The second-order valence-electron chi connectivity index (χ2n) is 4.34. The molecular formula is C15H16ClNO4. The number of methoxy groups -OCH3 is 1. The van der Waals surface area contributed by atoms with Gasteiger partial charge in [0.15, 0.2) is 0 Å². The topological polar surface area (TPSA) is 61.6 Å². The monoisotopic (exact) mass is 309 g/mol. The zero-order valence-electron chi connectivity index (χ0n) is 11.9. The van der Waals surface area contributed by atoms with Gasteiger partial charge in [-0.05, 0) is 37.6 Å². The van der Waals surface area contributed by atoms with Crippen molar-refractivity contribution >= 4 is 17.6 Å². The van der Waals surface area contributed by atoms with Gasteiger partial charge in [0.2, 0.25) is 11.7 Å². The first-order chi connectivity index (χ1) is 10.2. The summed E-state index contributed by atoms with van der Waals surface area (Å²) >= 11 is 5.59. The minimum atomic E-state index is -0.535. The zero-order chi connectivity index (χ0) is 15.2. The van der Waals surface area contributed by atoms with Crippen LogP contribution in [0.5, 0.6) is 5.75 Å². The number of aryl methyl sites for hydroxylation is 1. The Balaban J connectivity index is 2.13. The fraction of sp³-hybridized carbons (Fsp3) is 0.333. The molecule has 1 aromatic carbocycles. The van der Waals surface area contributed by atoms with E-state index in [1.54, 1.807) is 6.92 Å². The van der Waals surface area contributed by atoms with Gasteiger partial charge in [-0.15, -0.1) is 11.6 Å². The molecule has 0 saturated heterocycles. The van der Waals surface area contributed by atoms with Gasteiger partial charge in [0.25, 0.3) is 0 Å². The first-order valence-corrected chi connectivity index (χ1v) is 7.04. The summed E-state index contributed by atoms with van der Waals surface area (Å²) in [6.45, 7) is 2.27. The van der Waals surface area contributed by atoms with E-state index in [0.29, 0.717) is 24.1 Å². The molecule has 6 heteroatoms. The number of carbonyl (C=O) groups is 1. The fourth-order valence-electron chi connectivity index (χ4n) is 1.74. The second kappa shape index (κ2) is 7.13. The molecule has 112 valence electrons. The SMILES string of the molecule is COC(=O)c1oc(-c2ccc(OCCCCl)cc2)nc1C. The Morgan fingerprint density at radius 3 is 2.67 bits per heavy atom. The van der Waals surface area contributed by atoms with Crippen molar-refractivity contribution in [2.75, 3.05) is 19.6 Å². The first kappa shape index (κ1) is 15.4. The van der Waals surface area contributed by atoms with Crippen LogP contribution >= 0.6 is 11.6 Å². The maximum atomic E-state index is 11.5. The second-order valence-corrected chi connectivity index (χ2v) is 4.72. The van der Waals surface area contributed by atoms with Gasteiger partial charge in [-0.2, -0.15) is 0 Å². The number of benzene rings is 1. The molecule has 1 aromatic heterocycles. The van der Waals surface area contributed by atoms with Crippen LogP contribution < -0.4 is 4.74 Å². The van der Waals surface area contributed by atoms with Crippen molar-refractivity contribution < 1.29 is 18.7 Å². The number of esters is 1. The Bertz CT molecular complexity index is 607. The highest BCUT2D eigenvalue weighted by Gasteiger charge is 2.18. The molecule has 0 aliphatic rings. The van der Waals surface area contributed by atoms with Crippen molar-refractivity contribution in [1.82, 2.24) is 4.98 Å². The lowest BCUT2D eigenvalue weighted by molar-refractivity contribution is 0.0565. The van der Waals surface area contributed by atoms with Crippen LogP contribution in [0.1, 0.15) is 22.7 Å². The fourth-order valence-corrected chi connectivity index (χ4v) is 1.85. The number of carbonyl (C=O) groups excluding carboxylic acids is 1. The Morgan fingerprint density at radius 1 is 1.33 bits per heavy atom. The molecule has 0 atom stereocenters. The van der Waals surface area contributed by atoms with Crippen LogP contribution in [0, 0.1) is 6.92 Å². The van der Waals surface area contributed by atoms with Crippen molar-refractivity contribution in [1.29, 1.82) is 0 Å². The third-order valence-electron chi connectivity index (χ3n) is 2.82. The van der Waals surface area contributed by atoms with Crippen LogP contribution in [-0.2, 0) is 4.74 Å². The molecular weight excluding hydrogens is 294 g/mol. The van der Waals surface area contributed by atoms with E-state index < -0.39 is 5.97 Å². The van der Waals surface area contributed by atoms with Gasteiger partial charge in [0.05, 0.1) is 19.4 Å². The summed E-state index contributed by atoms with van der Waals surface area (Å²) < 4.78 is 15.6. The van der Waals surface area contributed by atoms with E-state index in [9.17, 15) is 4.79 Å². The molecule has 0 N–H and O–H groups in total. The van der Waals surface area contributed by atoms with Crippen molar-refractivity contribution in [3.8, 4) is 17.2 Å². The molecule has 5 nitrogen and oxygen atoms in total. The highest BCUT2D eigenvalue weighted by molar-refractivity contribution is 6.17. The molecule has 0 fully saturated rings. The lowest BCUT2D eigenvalue weighted by Crippen LogP contribution is -2.00. The number of halogens is 1. The summed E-state index contributed by atoms with van der Waals surface area (Å²) in [5, 5.41) is 0. The van der Waals surface area contributed by atoms with Gasteiger partial charge in [0, 0.05) is 11.4 Å². The minimum absolute atomic E-state index is 0.120. The van der Waals surface area contributed by atoms with Gasteiger partial charge in [-0.25, -0.2) is 9.78 Å². The highest BCUT2D eigenvalue weighted by atomic mass is 35.5. The van der Waals surface area contributed by atoms with Crippen LogP contribution in [0.3, 0.4) is 0 Å². The van der Waals surface area contributed by atoms with Crippen molar-refractivity contribution in [2.24, 2.45) is 0 Å². The third-order valence-corrected chi connectivity index (χ3v) is 3.08. The van der Waals surface area contributed by atoms with Gasteiger partial charge < -0.3 is 13.9 Å². The number of hydrogen-bond acceptors (Lipinski definition) is 5. The lowest BCUT2D eigenvalue weighted by atomic mass is 10.2. The van der Waals surface area contributed by atoms with Crippen molar-refractivity contribution in [3.05, 3.63) is 35.7 Å². The summed E-state index contributed by atoms with van der Waals surface area (Å²) in [5.41, 5.74) is 1.26. The predicted octanol–water partition coefficient (Wildman–Crippen LogP) is 3.44. The van der Waals surface area contributed by atoms with Gasteiger partial charge in [-0.1, -0.05) is 0 Å². The van der Waals surface area contributed by atoms with Crippen molar-refractivity contribution in [2.45, 2.75) is 13.3 Å². The molecule has 2 aromatic rings. The molecule has 0 aliphatic heterocycles. The molecule has 0 unspecified atom stereocenters. The zero-order valence-corrected chi connectivity index (χ0v) is 12.6. The largest absolute Gasteiger partial charge is 0.494 e. The van der Waals surface area contributed by atoms with Gasteiger partial charge in [-0.3, -0.25) is 0 Å². The number of nitrogens with zero attached hydrogens (tertiary/aromatic N) is 1. The lowest BCUT2D eigenvalue weighted by Gasteiger charge is -2.04. The number of aromatic nitrogens is 1. The highest BCUT2D eigenvalue weighted by Crippen LogP contribution is 2.24. The maximum Gasteiger partial charge on any atom is 0.375 e. The molecule has 2 rings (SSSR count). The summed E-state index contributed by atoms with van der Waals surface area (Å²) in [6.07, 6.45) is 0.796. The maximum absolute atomic E-state index is 11.5. The Morgan fingerprint density at radius 2 is 2.05 bits per heavy atom. The van der Waals surface area contributed by atoms with Gasteiger partial charge >= 0.3 is 5.97 Å². The van der Waals surface area contributed by atoms with Gasteiger partial charge in [0.1, 0.15) is 5.75 Å². The number of alkyl halides is 1. The Kier molecular flexibility index (Phi) is 5.22. The molecule has 21 heavy (non-hydrogen) atoms. The average molecular weight is 310 g/mol. The number of rotatable bonds is 6. The van der Waals surface area contributed by atoms with Crippen LogP contribution in [0.4, 0.5) is 0 Å². The van der Waals surface area contributed by atoms with Crippen LogP contribution in [0.2, 0.25) is 0 Å². The van der Waals surface area contributed by atoms with E-state index in [0.717, 1.165) is 17.7 Å². The molecule has 1 heterocycles. The van der Waals surface area contributed by atoms with Crippen molar-refractivity contribution in [3.63, 3.8) is 0 Å². The van der Waals surface area contributed by atoms with E-state index in [1.165, 1.54) is 7.11 Å². The first-order valence-electron chi connectivity index (χ1n) is 6.50.